The zero-order valence-corrected chi connectivity index (χ0v) is 7.73. The van der Waals surface area contributed by atoms with Crippen molar-refractivity contribution in [3.63, 3.8) is 0 Å². The van der Waals surface area contributed by atoms with Gasteiger partial charge in [0.25, 0.3) is 0 Å². The molecule has 1 aromatic heterocycles. The van der Waals surface area contributed by atoms with Crippen molar-refractivity contribution >= 4 is 22.2 Å². The maximum absolute atomic E-state index is 5.75. The molecule has 0 amide bonds. The third kappa shape index (κ3) is 1.74. The lowest BCUT2D eigenvalue weighted by Crippen LogP contribution is -1.90. The Morgan fingerprint density at radius 3 is 2.58 bits per heavy atom. The number of aromatic nitrogens is 1. The van der Waals surface area contributed by atoms with Gasteiger partial charge in [-0.15, -0.1) is 0 Å². The predicted octanol–water partition coefficient (Wildman–Crippen LogP) is 3.32. The molecule has 0 spiro atoms. The minimum atomic E-state index is 0.452. The van der Waals surface area contributed by atoms with Crippen LogP contribution in [0.3, 0.4) is 0 Å². The molecule has 0 saturated carbocycles. The van der Waals surface area contributed by atoms with Crippen molar-refractivity contribution in [2.45, 2.75) is 6.92 Å². The second-order valence-corrected chi connectivity index (χ2v) is 3.04. The Labute approximate surface area is 77.4 Å². The fraction of sp³-hybridized carbons (Fsp3) is 0.100. The van der Waals surface area contributed by atoms with Crippen LogP contribution in [0.2, 0.25) is 0 Å². The lowest BCUT2D eigenvalue weighted by molar-refractivity contribution is 1.27. The fourth-order valence-corrected chi connectivity index (χ4v) is 1.12. The van der Waals surface area contributed by atoms with Crippen molar-refractivity contribution in [1.82, 2.24) is 4.98 Å². The fourth-order valence-electron chi connectivity index (χ4n) is 0.966. The first-order chi connectivity index (χ1) is 5.63. The highest BCUT2D eigenvalue weighted by Crippen LogP contribution is 2.22. The van der Waals surface area contributed by atoms with Gasteiger partial charge < -0.3 is 0 Å². The first-order valence-electron chi connectivity index (χ1n) is 3.58. The molecule has 62 valence electrons. The Bertz CT molecular complexity index is 295. The summed E-state index contributed by atoms with van der Waals surface area (Å²) >= 11 is 5.75. The van der Waals surface area contributed by atoms with E-state index in [1.807, 2.05) is 19.1 Å². The average Bonchev–Trinajstić information content (AvgIpc) is 2.04. The van der Waals surface area contributed by atoms with Crippen LogP contribution < -0.4 is 0 Å². The quantitative estimate of drug-likeness (QED) is 0.679. The predicted molar refractivity (Wildman–Crippen MR) is 53.8 cm³/mol. The van der Waals surface area contributed by atoms with Gasteiger partial charge >= 0.3 is 0 Å². The van der Waals surface area contributed by atoms with Gasteiger partial charge in [0.15, 0.2) is 0 Å². The Kier molecular flexibility index (Phi) is 2.66. The Hall–Kier alpha value is -1.08. The maximum Gasteiger partial charge on any atom is 0.0884 e. The standard InChI is InChI=1S/C10H10ClN/c1-7(2)9-5-4-6-12-10(9)8(3)11/h4-6H,1,3H2,2H3. The molecule has 0 atom stereocenters. The van der Waals surface area contributed by atoms with Gasteiger partial charge in [0.05, 0.1) is 10.7 Å². The molecule has 0 aliphatic rings. The normalized spacial score (nSPS) is 9.50. The summed E-state index contributed by atoms with van der Waals surface area (Å²) < 4.78 is 0. The number of hydrogen-bond donors (Lipinski definition) is 0. The van der Waals surface area contributed by atoms with Crippen LogP contribution in [-0.4, -0.2) is 4.98 Å². The van der Waals surface area contributed by atoms with Gasteiger partial charge in [-0.1, -0.05) is 30.8 Å². The summed E-state index contributed by atoms with van der Waals surface area (Å²) in [6.45, 7) is 9.38. The molecule has 0 N–H and O–H groups in total. The van der Waals surface area contributed by atoms with E-state index >= 15 is 0 Å². The van der Waals surface area contributed by atoms with Crippen LogP contribution >= 0.6 is 11.6 Å². The van der Waals surface area contributed by atoms with Gasteiger partial charge in [0.2, 0.25) is 0 Å². The molecular weight excluding hydrogens is 170 g/mol. The van der Waals surface area contributed by atoms with Crippen molar-refractivity contribution in [2.24, 2.45) is 0 Å². The first kappa shape index (κ1) is 9.01. The molecule has 1 heterocycles. The molecule has 12 heavy (non-hydrogen) atoms. The molecule has 0 aliphatic heterocycles. The van der Waals surface area contributed by atoms with E-state index < -0.39 is 0 Å². The highest BCUT2D eigenvalue weighted by Gasteiger charge is 2.04. The first-order valence-corrected chi connectivity index (χ1v) is 3.96. The summed E-state index contributed by atoms with van der Waals surface area (Å²) in [5.74, 6) is 0. The molecule has 1 aromatic rings. The second kappa shape index (κ2) is 3.55. The molecule has 1 nitrogen and oxygen atoms in total. The molecule has 0 unspecified atom stereocenters. The molecular formula is C10H10ClN. The number of nitrogens with zero attached hydrogens (tertiary/aromatic N) is 1. The van der Waals surface area contributed by atoms with Crippen molar-refractivity contribution in [1.29, 1.82) is 0 Å². The SMILES string of the molecule is C=C(C)c1cccnc1C(=C)Cl. The van der Waals surface area contributed by atoms with Gasteiger partial charge in [-0.05, 0) is 18.6 Å². The lowest BCUT2D eigenvalue weighted by Gasteiger charge is -2.04. The van der Waals surface area contributed by atoms with E-state index in [1.54, 1.807) is 6.20 Å². The molecule has 1 rings (SSSR count). The van der Waals surface area contributed by atoms with Gasteiger partial charge in [0, 0.05) is 11.8 Å². The smallest absolute Gasteiger partial charge is 0.0884 e. The summed E-state index contributed by atoms with van der Waals surface area (Å²) in [5, 5.41) is 0.452. The zero-order valence-electron chi connectivity index (χ0n) is 6.97. The van der Waals surface area contributed by atoms with E-state index in [9.17, 15) is 0 Å². The molecule has 0 aromatic carbocycles. The van der Waals surface area contributed by atoms with E-state index in [-0.39, 0.29) is 0 Å². The number of pyridine rings is 1. The number of halogens is 1. The van der Waals surface area contributed by atoms with Crippen LogP contribution in [0.5, 0.6) is 0 Å². The van der Waals surface area contributed by atoms with Crippen LogP contribution in [0.15, 0.2) is 31.5 Å². The number of hydrogen-bond acceptors (Lipinski definition) is 1. The van der Waals surface area contributed by atoms with Crippen LogP contribution in [0.25, 0.3) is 10.6 Å². The van der Waals surface area contributed by atoms with Crippen molar-refractivity contribution in [2.75, 3.05) is 0 Å². The number of rotatable bonds is 2. The maximum atomic E-state index is 5.75. The minimum Gasteiger partial charge on any atom is -0.255 e. The van der Waals surface area contributed by atoms with Crippen LogP contribution in [0.4, 0.5) is 0 Å². The van der Waals surface area contributed by atoms with Crippen LogP contribution in [0.1, 0.15) is 18.2 Å². The van der Waals surface area contributed by atoms with E-state index in [0.717, 1.165) is 11.1 Å². The van der Waals surface area contributed by atoms with Crippen LogP contribution in [-0.2, 0) is 0 Å². The zero-order chi connectivity index (χ0) is 9.14. The monoisotopic (exact) mass is 179 g/mol. The summed E-state index contributed by atoms with van der Waals surface area (Å²) in [5.41, 5.74) is 2.61. The van der Waals surface area contributed by atoms with E-state index in [1.165, 1.54) is 0 Å². The molecule has 0 aliphatic carbocycles. The minimum absolute atomic E-state index is 0.452. The van der Waals surface area contributed by atoms with Crippen molar-refractivity contribution in [3.05, 3.63) is 42.7 Å². The number of allylic oxidation sites excluding steroid dienone is 1. The Morgan fingerprint density at radius 1 is 1.50 bits per heavy atom. The molecule has 0 radical (unpaired) electrons. The molecule has 0 bridgehead atoms. The van der Waals surface area contributed by atoms with Crippen LogP contribution in [0, 0.1) is 0 Å². The summed E-state index contributed by atoms with van der Waals surface area (Å²) in [6.07, 6.45) is 1.69. The van der Waals surface area contributed by atoms with Crippen molar-refractivity contribution in [3.8, 4) is 0 Å². The summed E-state index contributed by atoms with van der Waals surface area (Å²) in [7, 11) is 0. The van der Waals surface area contributed by atoms with Gasteiger partial charge in [-0.3, -0.25) is 4.98 Å². The van der Waals surface area contributed by atoms with Gasteiger partial charge in [0.1, 0.15) is 0 Å². The summed E-state index contributed by atoms with van der Waals surface area (Å²) in [4.78, 5) is 4.11. The Morgan fingerprint density at radius 2 is 2.17 bits per heavy atom. The van der Waals surface area contributed by atoms with E-state index in [4.69, 9.17) is 11.6 Å². The molecule has 0 fully saturated rings. The third-order valence-electron chi connectivity index (χ3n) is 1.52. The summed E-state index contributed by atoms with van der Waals surface area (Å²) in [6, 6.07) is 3.78. The van der Waals surface area contributed by atoms with Gasteiger partial charge in [-0.25, -0.2) is 0 Å². The lowest BCUT2D eigenvalue weighted by atomic mass is 10.1. The average molecular weight is 180 g/mol. The van der Waals surface area contributed by atoms with E-state index in [0.29, 0.717) is 10.7 Å². The highest BCUT2D eigenvalue weighted by atomic mass is 35.5. The molecule has 2 heteroatoms. The highest BCUT2D eigenvalue weighted by molar-refractivity contribution is 6.48. The topological polar surface area (TPSA) is 12.9 Å². The van der Waals surface area contributed by atoms with Gasteiger partial charge in [-0.2, -0.15) is 0 Å². The molecule has 0 saturated heterocycles. The second-order valence-electron chi connectivity index (χ2n) is 2.58. The van der Waals surface area contributed by atoms with Crippen molar-refractivity contribution < 1.29 is 0 Å². The Balaban J connectivity index is 3.27. The largest absolute Gasteiger partial charge is 0.255 e. The third-order valence-corrected chi connectivity index (χ3v) is 1.70. The van der Waals surface area contributed by atoms with E-state index in [2.05, 4.69) is 18.1 Å².